The van der Waals surface area contributed by atoms with Gasteiger partial charge in [0.15, 0.2) is 5.78 Å². The smallest absolute Gasteiger partial charge is 0.223 e. The minimum Gasteiger partial charge on any atom is -0.335 e. The van der Waals surface area contributed by atoms with Gasteiger partial charge in [-0.15, -0.1) is 11.3 Å². The van der Waals surface area contributed by atoms with Gasteiger partial charge in [-0.1, -0.05) is 20.8 Å². The first-order valence-corrected chi connectivity index (χ1v) is 7.72. The van der Waals surface area contributed by atoms with E-state index in [1.54, 1.807) is 16.2 Å². The van der Waals surface area contributed by atoms with Gasteiger partial charge in [-0.3, -0.25) is 9.59 Å². The second-order valence-corrected chi connectivity index (χ2v) is 6.69. The molecule has 4 heteroatoms. The first-order valence-electron chi connectivity index (χ1n) is 6.91. The predicted octanol–water partition coefficient (Wildman–Crippen LogP) is 3.00. The van der Waals surface area contributed by atoms with E-state index in [9.17, 15) is 9.59 Å². The van der Waals surface area contributed by atoms with Crippen molar-refractivity contribution in [3.8, 4) is 0 Å². The standard InChI is InChI=1S/C15H21NO2S/c1-4-12-5-6-14(19-12)13(17)9-16-8-11(10(2)3)7-15(16)18/h5-6,10-11H,4,7-9H2,1-3H3. The Balaban J connectivity index is 1.97. The Bertz CT molecular complexity index is 478. The summed E-state index contributed by atoms with van der Waals surface area (Å²) in [5.41, 5.74) is 0. The lowest BCUT2D eigenvalue weighted by Crippen LogP contribution is -2.31. The number of carbonyl (C=O) groups excluding carboxylic acids is 2. The first kappa shape index (κ1) is 14.3. The van der Waals surface area contributed by atoms with Crippen LogP contribution in [0, 0.1) is 11.8 Å². The number of hydrogen-bond donors (Lipinski definition) is 0. The van der Waals surface area contributed by atoms with Crippen molar-refractivity contribution in [1.82, 2.24) is 4.90 Å². The number of likely N-dealkylation sites (tertiary alicyclic amines) is 1. The molecule has 1 atom stereocenters. The highest BCUT2D eigenvalue weighted by Gasteiger charge is 2.32. The summed E-state index contributed by atoms with van der Waals surface area (Å²) in [6, 6.07) is 3.88. The molecular formula is C15H21NO2S. The summed E-state index contributed by atoms with van der Waals surface area (Å²) >= 11 is 1.55. The lowest BCUT2D eigenvalue weighted by atomic mass is 9.95. The van der Waals surface area contributed by atoms with Crippen LogP contribution in [0.2, 0.25) is 0 Å². The van der Waals surface area contributed by atoms with Crippen LogP contribution in [-0.2, 0) is 11.2 Å². The lowest BCUT2D eigenvalue weighted by molar-refractivity contribution is -0.127. The topological polar surface area (TPSA) is 37.4 Å². The number of nitrogens with zero attached hydrogens (tertiary/aromatic N) is 1. The predicted molar refractivity (Wildman–Crippen MR) is 77.6 cm³/mol. The van der Waals surface area contributed by atoms with Crippen molar-refractivity contribution < 1.29 is 9.59 Å². The summed E-state index contributed by atoms with van der Waals surface area (Å²) in [5, 5.41) is 0. The van der Waals surface area contributed by atoms with Crippen molar-refractivity contribution in [3.05, 3.63) is 21.9 Å². The maximum atomic E-state index is 12.2. The van der Waals surface area contributed by atoms with E-state index in [1.807, 2.05) is 12.1 Å². The summed E-state index contributed by atoms with van der Waals surface area (Å²) in [6.07, 6.45) is 1.55. The molecular weight excluding hydrogens is 258 g/mol. The third-order valence-electron chi connectivity index (χ3n) is 3.81. The molecule has 3 nitrogen and oxygen atoms in total. The third kappa shape index (κ3) is 3.24. The van der Waals surface area contributed by atoms with Gasteiger partial charge in [0.1, 0.15) is 0 Å². The fraction of sp³-hybridized carbons (Fsp3) is 0.600. The Morgan fingerprint density at radius 2 is 2.21 bits per heavy atom. The molecule has 19 heavy (non-hydrogen) atoms. The number of aryl methyl sites for hydroxylation is 1. The van der Waals surface area contributed by atoms with Crippen LogP contribution in [0.4, 0.5) is 0 Å². The zero-order valence-electron chi connectivity index (χ0n) is 11.8. The molecule has 1 fully saturated rings. The maximum Gasteiger partial charge on any atom is 0.223 e. The normalized spacial score (nSPS) is 19.5. The molecule has 104 valence electrons. The van der Waals surface area contributed by atoms with Crippen LogP contribution >= 0.6 is 11.3 Å². The molecule has 0 bridgehead atoms. The Kier molecular flexibility index (Phi) is 4.40. The molecule has 0 aromatic carbocycles. The summed E-state index contributed by atoms with van der Waals surface area (Å²) < 4.78 is 0. The first-order chi connectivity index (χ1) is 9.01. The van der Waals surface area contributed by atoms with Crippen LogP contribution in [0.1, 0.15) is 41.7 Å². The molecule has 1 aliphatic rings. The van der Waals surface area contributed by atoms with Crippen LogP contribution in [0.15, 0.2) is 12.1 Å². The molecule has 1 aromatic rings. The Morgan fingerprint density at radius 1 is 1.47 bits per heavy atom. The molecule has 1 aliphatic heterocycles. The van der Waals surface area contributed by atoms with E-state index >= 15 is 0 Å². The van der Waals surface area contributed by atoms with Crippen molar-refractivity contribution in [3.63, 3.8) is 0 Å². The van der Waals surface area contributed by atoms with E-state index in [0.29, 0.717) is 18.3 Å². The zero-order chi connectivity index (χ0) is 14.0. The fourth-order valence-corrected chi connectivity index (χ4v) is 3.25. The van der Waals surface area contributed by atoms with Gasteiger partial charge < -0.3 is 4.90 Å². The Labute approximate surface area is 118 Å². The molecule has 2 rings (SSSR count). The van der Waals surface area contributed by atoms with Crippen LogP contribution in [0.5, 0.6) is 0 Å². The van der Waals surface area contributed by atoms with Gasteiger partial charge in [-0.25, -0.2) is 0 Å². The molecule has 0 radical (unpaired) electrons. The van der Waals surface area contributed by atoms with Crippen LogP contribution in [0.3, 0.4) is 0 Å². The summed E-state index contributed by atoms with van der Waals surface area (Å²) in [5.74, 6) is 1.09. The zero-order valence-corrected chi connectivity index (χ0v) is 12.6. The number of amides is 1. The molecule has 2 heterocycles. The molecule has 0 saturated carbocycles. The number of thiophene rings is 1. The number of Topliss-reactive ketones (excluding diaryl/α,β-unsaturated/α-hetero) is 1. The van der Waals surface area contributed by atoms with Gasteiger partial charge in [-0.05, 0) is 30.4 Å². The number of rotatable bonds is 5. The third-order valence-corrected chi connectivity index (χ3v) is 5.08. The highest BCUT2D eigenvalue weighted by atomic mass is 32.1. The lowest BCUT2D eigenvalue weighted by Gasteiger charge is -2.16. The molecule has 0 spiro atoms. The maximum absolute atomic E-state index is 12.2. The minimum absolute atomic E-state index is 0.0717. The molecule has 1 amide bonds. The van der Waals surface area contributed by atoms with E-state index in [-0.39, 0.29) is 18.2 Å². The number of ketones is 1. The van der Waals surface area contributed by atoms with E-state index in [0.717, 1.165) is 17.8 Å². The minimum atomic E-state index is 0.0717. The molecule has 1 saturated heterocycles. The molecule has 1 aromatic heterocycles. The van der Waals surface area contributed by atoms with E-state index in [4.69, 9.17) is 0 Å². The van der Waals surface area contributed by atoms with Crippen LogP contribution in [0.25, 0.3) is 0 Å². The largest absolute Gasteiger partial charge is 0.335 e. The Hall–Kier alpha value is -1.16. The molecule has 0 N–H and O–H groups in total. The second kappa shape index (κ2) is 5.87. The summed E-state index contributed by atoms with van der Waals surface area (Å²) in [6.45, 7) is 7.32. The van der Waals surface area contributed by atoms with Crippen LogP contribution < -0.4 is 0 Å². The SMILES string of the molecule is CCc1ccc(C(=O)CN2CC(C(C)C)CC2=O)s1. The summed E-state index contributed by atoms with van der Waals surface area (Å²) in [4.78, 5) is 27.8. The monoisotopic (exact) mass is 279 g/mol. The van der Waals surface area contributed by atoms with Gasteiger partial charge >= 0.3 is 0 Å². The van der Waals surface area contributed by atoms with Crippen molar-refractivity contribution in [2.75, 3.05) is 13.1 Å². The average Bonchev–Trinajstić information content (AvgIpc) is 2.97. The van der Waals surface area contributed by atoms with Crippen LogP contribution in [-0.4, -0.2) is 29.7 Å². The van der Waals surface area contributed by atoms with E-state index in [2.05, 4.69) is 20.8 Å². The van der Waals surface area contributed by atoms with Gasteiger partial charge in [0.05, 0.1) is 11.4 Å². The molecule has 0 aliphatic carbocycles. The van der Waals surface area contributed by atoms with Crippen molar-refractivity contribution in [2.24, 2.45) is 11.8 Å². The average molecular weight is 279 g/mol. The van der Waals surface area contributed by atoms with Crippen molar-refractivity contribution in [2.45, 2.75) is 33.6 Å². The van der Waals surface area contributed by atoms with Gasteiger partial charge in [0.2, 0.25) is 5.91 Å². The fourth-order valence-electron chi connectivity index (χ4n) is 2.37. The number of hydrogen-bond acceptors (Lipinski definition) is 3. The van der Waals surface area contributed by atoms with Gasteiger partial charge in [0, 0.05) is 17.8 Å². The quantitative estimate of drug-likeness (QED) is 0.777. The highest BCUT2D eigenvalue weighted by Crippen LogP contribution is 2.25. The van der Waals surface area contributed by atoms with Crippen molar-refractivity contribution >= 4 is 23.0 Å². The Morgan fingerprint density at radius 3 is 2.74 bits per heavy atom. The number of carbonyl (C=O) groups is 2. The molecule has 1 unspecified atom stereocenters. The van der Waals surface area contributed by atoms with E-state index < -0.39 is 0 Å². The van der Waals surface area contributed by atoms with Gasteiger partial charge in [-0.2, -0.15) is 0 Å². The second-order valence-electron chi connectivity index (χ2n) is 5.53. The van der Waals surface area contributed by atoms with Crippen molar-refractivity contribution in [1.29, 1.82) is 0 Å². The van der Waals surface area contributed by atoms with Gasteiger partial charge in [0.25, 0.3) is 0 Å². The summed E-state index contributed by atoms with van der Waals surface area (Å²) in [7, 11) is 0. The highest BCUT2D eigenvalue weighted by molar-refractivity contribution is 7.14. The van der Waals surface area contributed by atoms with E-state index in [1.165, 1.54) is 4.88 Å².